The highest BCUT2D eigenvalue weighted by Gasteiger charge is 2.35. The second-order valence-electron chi connectivity index (χ2n) is 3.84. The van der Waals surface area contributed by atoms with Crippen LogP contribution in [0, 0.1) is 5.82 Å². The van der Waals surface area contributed by atoms with Gasteiger partial charge in [-0.15, -0.1) is 0 Å². The highest BCUT2D eigenvalue weighted by molar-refractivity contribution is 9.10. The van der Waals surface area contributed by atoms with Gasteiger partial charge >= 0.3 is 6.18 Å². The number of alkyl halides is 3. The zero-order chi connectivity index (χ0) is 15.6. The Bertz CT molecular complexity index is 663. The minimum Gasteiger partial charge on any atom is -0.436 e. The molecule has 0 saturated heterocycles. The van der Waals surface area contributed by atoms with Crippen molar-refractivity contribution in [1.82, 2.24) is 9.97 Å². The fourth-order valence-corrected chi connectivity index (χ4v) is 1.74. The molecule has 0 bridgehead atoms. The summed E-state index contributed by atoms with van der Waals surface area (Å²) in [6, 6.07) is 4.96. The largest absolute Gasteiger partial charge is 0.451 e. The fourth-order valence-electron chi connectivity index (χ4n) is 1.40. The van der Waals surface area contributed by atoms with Crippen molar-refractivity contribution in [3.63, 3.8) is 0 Å². The molecule has 1 aromatic heterocycles. The number of anilines is 1. The minimum atomic E-state index is -4.74. The quantitative estimate of drug-likeness (QED) is 0.826. The number of halogens is 5. The number of nitrogens with one attached hydrogen (secondary N) is 1. The predicted molar refractivity (Wildman–Crippen MR) is 70.8 cm³/mol. The third-order valence-corrected chi connectivity index (χ3v) is 2.81. The van der Waals surface area contributed by atoms with Gasteiger partial charge in [0.05, 0.1) is 0 Å². The molecule has 9 heteroatoms. The lowest BCUT2D eigenvalue weighted by molar-refractivity contribution is -0.145. The average molecular weight is 366 g/mol. The Morgan fingerprint density at radius 1 is 1.19 bits per heavy atom. The molecule has 0 radical (unpaired) electrons. The van der Waals surface area contributed by atoms with Gasteiger partial charge in [0.25, 0.3) is 0 Å². The molecule has 1 heterocycles. The molecule has 2 rings (SSSR count). The van der Waals surface area contributed by atoms with Crippen LogP contribution in [0.1, 0.15) is 5.82 Å². The van der Waals surface area contributed by atoms with Crippen LogP contribution < -0.4 is 10.1 Å². The highest BCUT2D eigenvalue weighted by Crippen LogP contribution is 2.31. The normalized spacial score (nSPS) is 11.3. The van der Waals surface area contributed by atoms with Crippen molar-refractivity contribution in [2.75, 3.05) is 12.4 Å². The van der Waals surface area contributed by atoms with Crippen molar-refractivity contribution >= 4 is 21.7 Å². The minimum absolute atomic E-state index is 0.0947. The molecular weight excluding hydrogens is 358 g/mol. The van der Waals surface area contributed by atoms with Crippen LogP contribution in [0.25, 0.3) is 0 Å². The molecule has 1 N–H and O–H groups in total. The summed E-state index contributed by atoms with van der Waals surface area (Å²) in [5, 5.41) is 2.46. The van der Waals surface area contributed by atoms with Gasteiger partial charge in [-0.05, 0) is 18.2 Å². The first-order chi connectivity index (χ1) is 9.79. The Labute approximate surface area is 125 Å². The van der Waals surface area contributed by atoms with Crippen LogP contribution in [0.15, 0.2) is 28.7 Å². The van der Waals surface area contributed by atoms with E-state index in [-0.39, 0.29) is 11.6 Å². The molecule has 0 spiro atoms. The smallest absolute Gasteiger partial charge is 0.436 e. The van der Waals surface area contributed by atoms with Crippen molar-refractivity contribution in [3.8, 4) is 11.6 Å². The standard InChI is InChI=1S/C12H8BrF4N3O/c1-18-9-5-10(20-11(19-9)12(15,16)17)21-8-4-6(13)2-3-7(8)14/h2-5H,1H3,(H,18,19,20). The molecule has 0 saturated carbocycles. The number of aromatic nitrogens is 2. The molecule has 2 aromatic rings. The van der Waals surface area contributed by atoms with Crippen molar-refractivity contribution in [1.29, 1.82) is 0 Å². The molecule has 0 atom stereocenters. The van der Waals surface area contributed by atoms with Gasteiger partial charge in [-0.3, -0.25) is 0 Å². The van der Waals surface area contributed by atoms with Gasteiger partial charge in [0, 0.05) is 17.6 Å². The molecule has 0 aliphatic carbocycles. The Morgan fingerprint density at radius 2 is 1.90 bits per heavy atom. The van der Waals surface area contributed by atoms with Gasteiger partial charge in [0.2, 0.25) is 11.7 Å². The Morgan fingerprint density at radius 3 is 2.52 bits per heavy atom. The van der Waals surface area contributed by atoms with Crippen LogP contribution in [0.2, 0.25) is 0 Å². The summed E-state index contributed by atoms with van der Waals surface area (Å²) in [7, 11) is 1.39. The third-order valence-electron chi connectivity index (χ3n) is 2.32. The Balaban J connectivity index is 2.42. The molecule has 0 amide bonds. The lowest BCUT2D eigenvalue weighted by atomic mass is 10.3. The highest BCUT2D eigenvalue weighted by atomic mass is 79.9. The zero-order valence-electron chi connectivity index (χ0n) is 10.5. The molecule has 0 aliphatic rings. The van der Waals surface area contributed by atoms with Crippen LogP contribution in [0.4, 0.5) is 23.4 Å². The van der Waals surface area contributed by atoms with E-state index in [1.54, 1.807) is 0 Å². The second-order valence-corrected chi connectivity index (χ2v) is 4.76. The maximum atomic E-state index is 13.5. The maximum absolute atomic E-state index is 13.5. The van der Waals surface area contributed by atoms with E-state index in [0.29, 0.717) is 4.47 Å². The summed E-state index contributed by atoms with van der Waals surface area (Å²) >= 11 is 3.11. The third kappa shape index (κ3) is 3.81. The van der Waals surface area contributed by atoms with Gasteiger partial charge in [-0.2, -0.15) is 18.2 Å². The van der Waals surface area contributed by atoms with E-state index in [9.17, 15) is 17.6 Å². The lowest BCUT2D eigenvalue weighted by Gasteiger charge is -2.11. The van der Waals surface area contributed by atoms with E-state index in [2.05, 4.69) is 31.2 Å². The first kappa shape index (κ1) is 15.5. The van der Waals surface area contributed by atoms with Gasteiger partial charge in [-0.25, -0.2) is 9.37 Å². The monoisotopic (exact) mass is 365 g/mol. The first-order valence-electron chi connectivity index (χ1n) is 5.56. The van der Waals surface area contributed by atoms with Crippen LogP contribution in [0.5, 0.6) is 11.6 Å². The Kier molecular flexibility index (Phi) is 4.31. The number of nitrogens with zero attached hydrogens (tertiary/aromatic N) is 2. The number of rotatable bonds is 3. The topological polar surface area (TPSA) is 47.0 Å². The molecule has 1 aromatic carbocycles. The summed E-state index contributed by atoms with van der Waals surface area (Å²) < 4.78 is 57.2. The fraction of sp³-hybridized carbons (Fsp3) is 0.167. The first-order valence-corrected chi connectivity index (χ1v) is 6.36. The van der Waals surface area contributed by atoms with E-state index in [4.69, 9.17) is 4.74 Å². The number of ether oxygens (including phenoxy) is 1. The summed E-state index contributed by atoms with van der Waals surface area (Å²) in [5.41, 5.74) is 0. The second kappa shape index (κ2) is 5.84. The van der Waals surface area contributed by atoms with E-state index in [1.807, 2.05) is 0 Å². The summed E-state index contributed by atoms with van der Waals surface area (Å²) in [4.78, 5) is 6.51. The van der Waals surface area contributed by atoms with Crippen LogP contribution in [-0.4, -0.2) is 17.0 Å². The number of benzene rings is 1. The van der Waals surface area contributed by atoms with Crippen LogP contribution in [-0.2, 0) is 6.18 Å². The molecule has 4 nitrogen and oxygen atoms in total. The van der Waals surface area contributed by atoms with Gasteiger partial charge < -0.3 is 10.1 Å². The van der Waals surface area contributed by atoms with E-state index in [0.717, 1.165) is 12.1 Å². The number of hydrogen-bond donors (Lipinski definition) is 1. The van der Waals surface area contributed by atoms with Crippen molar-refractivity contribution in [2.45, 2.75) is 6.18 Å². The average Bonchev–Trinajstić information content (AvgIpc) is 2.41. The summed E-state index contributed by atoms with van der Waals surface area (Å²) in [5.74, 6) is -2.87. The van der Waals surface area contributed by atoms with Gasteiger partial charge in [-0.1, -0.05) is 15.9 Å². The van der Waals surface area contributed by atoms with Gasteiger partial charge in [0.1, 0.15) is 5.82 Å². The lowest BCUT2D eigenvalue weighted by Crippen LogP contribution is -2.13. The summed E-state index contributed by atoms with van der Waals surface area (Å²) in [6.07, 6.45) is -4.74. The van der Waals surface area contributed by atoms with Crippen molar-refractivity contribution < 1.29 is 22.3 Å². The van der Waals surface area contributed by atoms with Gasteiger partial charge in [0.15, 0.2) is 11.6 Å². The van der Waals surface area contributed by atoms with Crippen LogP contribution in [0.3, 0.4) is 0 Å². The molecule has 21 heavy (non-hydrogen) atoms. The van der Waals surface area contributed by atoms with Crippen molar-refractivity contribution in [3.05, 3.63) is 40.4 Å². The maximum Gasteiger partial charge on any atom is 0.451 e. The summed E-state index contributed by atoms with van der Waals surface area (Å²) in [6.45, 7) is 0. The van der Waals surface area contributed by atoms with E-state index < -0.39 is 23.7 Å². The Hall–Kier alpha value is -1.90. The molecule has 0 aliphatic heterocycles. The molecule has 0 fully saturated rings. The van der Waals surface area contributed by atoms with Crippen LogP contribution >= 0.6 is 15.9 Å². The predicted octanol–water partition coefficient (Wildman–Crippen LogP) is 4.23. The van der Waals surface area contributed by atoms with E-state index in [1.165, 1.54) is 19.2 Å². The number of hydrogen-bond acceptors (Lipinski definition) is 4. The zero-order valence-corrected chi connectivity index (χ0v) is 12.1. The molecular formula is C12H8BrF4N3O. The van der Waals surface area contributed by atoms with E-state index >= 15 is 0 Å². The SMILES string of the molecule is CNc1cc(Oc2cc(Br)ccc2F)nc(C(F)(F)F)n1. The molecule has 112 valence electrons. The molecule has 0 unspecified atom stereocenters. The van der Waals surface area contributed by atoms with Crippen molar-refractivity contribution in [2.24, 2.45) is 0 Å².